The van der Waals surface area contributed by atoms with Gasteiger partial charge in [-0.05, 0) is 28.8 Å². The maximum Gasteiger partial charge on any atom is 0.427 e. The number of nitrogens with one attached hydrogen (secondary N) is 1. The summed E-state index contributed by atoms with van der Waals surface area (Å²) >= 11 is 0. The van der Waals surface area contributed by atoms with Crippen LogP contribution in [0.1, 0.15) is 6.92 Å². The molecule has 16 heavy (non-hydrogen) atoms. The first kappa shape index (κ1) is 10.2. The number of aromatic amines is 1. The summed E-state index contributed by atoms with van der Waals surface area (Å²) in [5, 5.41) is 13.3. The molecule has 0 aliphatic heterocycles. The van der Waals surface area contributed by atoms with E-state index >= 15 is 0 Å². The van der Waals surface area contributed by atoms with Gasteiger partial charge in [0.1, 0.15) is 5.69 Å². The highest BCUT2D eigenvalue weighted by Gasteiger charge is 2.14. The van der Waals surface area contributed by atoms with Gasteiger partial charge in [-0.2, -0.15) is 0 Å². The molecule has 0 aliphatic carbocycles. The van der Waals surface area contributed by atoms with Gasteiger partial charge >= 0.3 is 5.63 Å². The third-order valence-corrected chi connectivity index (χ3v) is 1.90. The van der Waals surface area contributed by atoms with Crippen molar-refractivity contribution in [1.29, 1.82) is 0 Å². The van der Waals surface area contributed by atoms with Crippen LogP contribution in [0.3, 0.4) is 0 Å². The van der Waals surface area contributed by atoms with E-state index in [2.05, 4.69) is 14.8 Å². The molecule has 1 aromatic carbocycles. The maximum absolute atomic E-state index is 10.9. The normalized spacial score (nSPS) is 11.7. The van der Waals surface area contributed by atoms with E-state index in [0.29, 0.717) is 11.4 Å². The van der Waals surface area contributed by atoms with Crippen LogP contribution in [0.4, 0.5) is 5.69 Å². The molecule has 0 radical (unpaired) electrons. The molecule has 0 amide bonds. The molecule has 0 bridgehead atoms. The van der Waals surface area contributed by atoms with Gasteiger partial charge in [-0.15, -0.1) is 0 Å². The predicted octanol–water partition coefficient (Wildman–Crippen LogP) is -0.345. The van der Waals surface area contributed by atoms with Crippen molar-refractivity contribution in [3.05, 3.63) is 40.9 Å². The molecule has 0 saturated carbocycles. The number of nitrogens with zero attached hydrogens (tertiary/aromatic N) is 2. The molecule has 0 aliphatic rings. The van der Waals surface area contributed by atoms with Crippen LogP contribution < -0.4 is 15.4 Å². The molecule has 82 valence electrons. The average molecular weight is 219 g/mol. The zero-order chi connectivity index (χ0) is 11.5. The molecule has 2 aromatic rings. The van der Waals surface area contributed by atoms with E-state index in [9.17, 15) is 9.90 Å². The van der Waals surface area contributed by atoms with Gasteiger partial charge in [0.25, 0.3) is 11.9 Å². The van der Waals surface area contributed by atoms with Crippen LogP contribution in [-0.2, 0) is 0 Å². The summed E-state index contributed by atoms with van der Waals surface area (Å²) in [6.07, 6.45) is 1.23. The van der Waals surface area contributed by atoms with Crippen molar-refractivity contribution in [3.63, 3.8) is 0 Å². The van der Waals surface area contributed by atoms with Crippen LogP contribution in [0.2, 0.25) is 0 Å². The van der Waals surface area contributed by atoms with Crippen molar-refractivity contribution in [2.24, 2.45) is 4.99 Å². The van der Waals surface area contributed by atoms with Gasteiger partial charge < -0.3 is 5.11 Å². The molecule has 0 saturated heterocycles. The van der Waals surface area contributed by atoms with E-state index in [1.54, 1.807) is 24.3 Å². The Balaban J connectivity index is 2.56. The minimum atomic E-state index is -0.502. The van der Waals surface area contributed by atoms with Crippen LogP contribution in [-0.4, -0.2) is 11.2 Å². The minimum absolute atomic E-state index is 0.307. The van der Waals surface area contributed by atoms with E-state index in [0.717, 1.165) is 0 Å². The number of rotatable bonds is 2. The van der Waals surface area contributed by atoms with Crippen molar-refractivity contribution < 1.29 is 14.3 Å². The smallest absolute Gasteiger partial charge is 0.427 e. The number of para-hydroxylation sites is 2. The van der Waals surface area contributed by atoms with E-state index < -0.39 is 5.63 Å². The minimum Gasteiger partial charge on any atom is -0.862 e. The van der Waals surface area contributed by atoms with Crippen LogP contribution in [0.15, 0.2) is 44.8 Å². The largest absolute Gasteiger partial charge is 0.862 e. The predicted molar refractivity (Wildman–Crippen MR) is 53.6 cm³/mol. The number of aromatic nitrogens is 2. The second kappa shape index (κ2) is 4.01. The summed E-state index contributed by atoms with van der Waals surface area (Å²) in [6, 6.07) is 6.92. The lowest BCUT2D eigenvalue weighted by Crippen LogP contribution is -2.32. The molecule has 6 nitrogen and oxygen atoms in total. The van der Waals surface area contributed by atoms with Crippen molar-refractivity contribution in [2.75, 3.05) is 0 Å². The first-order chi connectivity index (χ1) is 7.66. The SMILES string of the molecule is CC([O-])=Nc1ccccc1-[n+]1cc(=O)o[nH]1. The molecular weight excluding hydrogens is 210 g/mol. The Labute approximate surface area is 90.4 Å². The van der Waals surface area contributed by atoms with Crippen LogP contribution >= 0.6 is 0 Å². The van der Waals surface area contributed by atoms with E-state index in [1.807, 2.05) is 0 Å². The molecule has 1 N–H and O–H groups in total. The lowest BCUT2D eigenvalue weighted by atomic mass is 10.3. The number of benzene rings is 1. The molecule has 1 heterocycles. The number of hydrogen-bond donors (Lipinski definition) is 1. The zero-order valence-corrected chi connectivity index (χ0v) is 8.51. The van der Waals surface area contributed by atoms with Crippen molar-refractivity contribution in [2.45, 2.75) is 6.92 Å². The van der Waals surface area contributed by atoms with Gasteiger partial charge in [0.2, 0.25) is 0 Å². The highest BCUT2D eigenvalue weighted by Crippen LogP contribution is 2.17. The molecule has 6 heteroatoms. The first-order valence-electron chi connectivity index (χ1n) is 4.59. The quantitative estimate of drug-likeness (QED) is 0.425. The molecule has 0 atom stereocenters. The second-order valence-electron chi connectivity index (χ2n) is 3.13. The van der Waals surface area contributed by atoms with Gasteiger partial charge in [0, 0.05) is 6.07 Å². The third kappa shape index (κ3) is 2.00. The number of hydrogen-bond acceptors (Lipinski definition) is 4. The average Bonchev–Trinajstić information content (AvgIpc) is 2.65. The Morgan fingerprint density at radius 1 is 1.50 bits per heavy atom. The fourth-order valence-electron chi connectivity index (χ4n) is 1.30. The monoisotopic (exact) mass is 219 g/mol. The number of H-pyrrole nitrogens is 1. The van der Waals surface area contributed by atoms with E-state index in [-0.39, 0.29) is 5.90 Å². The van der Waals surface area contributed by atoms with Crippen molar-refractivity contribution in [1.82, 2.24) is 5.27 Å². The zero-order valence-electron chi connectivity index (χ0n) is 8.51. The number of aliphatic imine (C=N–C) groups is 1. The summed E-state index contributed by atoms with van der Waals surface area (Å²) in [4.78, 5) is 14.7. The summed E-state index contributed by atoms with van der Waals surface area (Å²) in [5.41, 5.74) is 0.540. The summed E-state index contributed by atoms with van der Waals surface area (Å²) in [6.45, 7) is 1.36. The Kier molecular flexibility index (Phi) is 2.55. The fraction of sp³-hybridized carbons (Fsp3) is 0.100. The Morgan fingerprint density at radius 2 is 2.25 bits per heavy atom. The lowest BCUT2D eigenvalue weighted by Gasteiger charge is -2.02. The van der Waals surface area contributed by atoms with Gasteiger partial charge in [-0.1, -0.05) is 12.1 Å². The first-order valence-corrected chi connectivity index (χ1v) is 4.59. The van der Waals surface area contributed by atoms with Crippen LogP contribution in [0.25, 0.3) is 5.69 Å². The van der Waals surface area contributed by atoms with Crippen molar-refractivity contribution >= 4 is 11.6 Å². The molecule has 1 aromatic heterocycles. The Bertz CT molecular complexity index is 579. The Hall–Kier alpha value is -2.37. The Morgan fingerprint density at radius 3 is 2.88 bits per heavy atom. The highest BCUT2D eigenvalue weighted by atomic mass is 16.5. The summed E-state index contributed by atoms with van der Waals surface area (Å²) < 4.78 is 5.90. The third-order valence-electron chi connectivity index (χ3n) is 1.90. The van der Waals surface area contributed by atoms with Crippen molar-refractivity contribution in [3.8, 4) is 5.69 Å². The molecule has 0 unspecified atom stereocenters. The molecule has 2 rings (SSSR count). The van der Waals surface area contributed by atoms with Gasteiger partial charge in [-0.3, -0.25) is 9.52 Å². The highest BCUT2D eigenvalue weighted by molar-refractivity contribution is 5.74. The lowest BCUT2D eigenvalue weighted by molar-refractivity contribution is -0.669. The maximum atomic E-state index is 10.9. The van der Waals surface area contributed by atoms with E-state index in [1.165, 1.54) is 17.8 Å². The molecule has 0 fully saturated rings. The van der Waals surface area contributed by atoms with Crippen LogP contribution in [0, 0.1) is 0 Å². The summed E-state index contributed by atoms with van der Waals surface area (Å²) in [7, 11) is 0. The van der Waals surface area contributed by atoms with E-state index in [4.69, 9.17) is 0 Å². The second-order valence-corrected chi connectivity index (χ2v) is 3.13. The van der Waals surface area contributed by atoms with Gasteiger partial charge in [0.05, 0.1) is 0 Å². The van der Waals surface area contributed by atoms with Gasteiger partial charge in [0.15, 0.2) is 0 Å². The molecule has 0 spiro atoms. The fourth-order valence-corrected chi connectivity index (χ4v) is 1.30. The summed E-state index contributed by atoms with van der Waals surface area (Å²) in [5.74, 6) is -0.307. The molecular formula is C10H9N3O3. The van der Waals surface area contributed by atoms with Gasteiger partial charge in [-0.25, -0.2) is 4.79 Å². The topological polar surface area (TPSA) is 85.3 Å². The standard InChI is InChI=1S/C10H9N3O3/c1-7(14)11-8-4-2-3-5-9(8)13-6-10(15)16-12-13/h2-6H,1H3,(H-,11,12,14,15). The van der Waals surface area contributed by atoms with Crippen LogP contribution in [0.5, 0.6) is 0 Å².